The lowest BCUT2D eigenvalue weighted by atomic mass is 10.4. The minimum atomic E-state index is -1.65. The fourth-order valence-electron chi connectivity index (χ4n) is 1.27. The van der Waals surface area contributed by atoms with E-state index in [0.717, 1.165) is 4.57 Å². The molecule has 1 unspecified atom stereocenters. The van der Waals surface area contributed by atoms with E-state index in [0.29, 0.717) is 5.57 Å². The summed E-state index contributed by atoms with van der Waals surface area (Å²) in [7, 11) is 0. The van der Waals surface area contributed by atoms with E-state index in [1.54, 1.807) is 0 Å². The van der Waals surface area contributed by atoms with Crippen molar-refractivity contribution in [1.82, 2.24) is 9.55 Å². The topological polar surface area (TPSA) is 81.1 Å². The van der Waals surface area contributed by atoms with Crippen molar-refractivity contribution in [2.75, 3.05) is 12.3 Å². The van der Waals surface area contributed by atoms with Crippen LogP contribution in [0.5, 0.6) is 0 Å². The quantitative estimate of drug-likeness (QED) is 0.708. The lowest BCUT2D eigenvalue weighted by molar-refractivity contribution is 0.170. The number of anilines is 1. The molecule has 0 bridgehead atoms. The Morgan fingerprint density at radius 2 is 2.53 bits per heavy atom. The number of aliphatic hydroxyl groups is 1. The molecule has 1 atom stereocenters. The Morgan fingerprint density at radius 1 is 1.80 bits per heavy atom. The summed E-state index contributed by atoms with van der Waals surface area (Å²) in [5.41, 5.74) is 3.47. The number of halogens is 1. The van der Waals surface area contributed by atoms with Crippen LogP contribution in [-0.4, -0.2) is 26.9 Å². The zero-order chi connectivity index (χ0) is 11.1. The Balaban J connectivity index is 2.31. The van der Waals surface area contributed by atoms with Crippen LogP contribution in [0.25, 0.3) is 6.20 Å². The molecule has 0 aliphatic heterocycles. The van der Waals surface area contributed by atoms with Crippen LogP contribution in [0.4, 0.5) is 10.2 Å². The van der Waals surface area contributed by atoms with Crippen molar-refractivity contribution < 1.29 is 9.50 Å². The Hall–Kier alpha value is -1.69. The largest absolute Gasteiger partial charge is 0.393 e. The number of aliphatic hydroxyl groups excluding tert-OH is 1. The van der Waals surface area contributed by atoms with Gasteiger partial charge in [0.25, 0.3) is 0 Å². The van der Waals surface area contributed by atoms with Crippen LogP contribution >= 0.6 is 0 Å². The third-order valence-corrected chi connectivity index (χ3v) is 2.32. The predicted octanol–water partition coefficient (Wildman–Crippen LogP) is -0.229. The SMILES string of the molecule is Nc1ccn(/C=C2\CC2(F)CO)c(=O)n1. The highest BCUT2D eigenvalue weighted by Gasteiger charge is 2.49. The fourth-order valence-corrected chi connectivity index (χ4v) is 1.27. The molecule has 3 N–H and O–H groups in total. The molecule has 0 aromatic carbocycles. The molecular formula is C9H10FN3O2. The molecule has 15 heavy (non-hydrogen) atoms. The minimum Gasteiger partial charge on any atom is -0.393 e. The smallest absolute Gasteiger partial charge is 0.353 e. The van der Waals surface area contributed by atoms with Gasteiger partial charge >= 0.3 is 5.69 Å². The number of nitrogens with zero attached hydrogens (tertiary/aromatic N) is 2. The third kappa shape index (κ3) is 1.75. The van der Waals surface area contributed by atoms with E-state index in [4.69, 9.17) is 10.8 Å². The second-order valence-corrected chi connectivity index (χ2v) is 3.50. The van der Waals surface area contributed by atoms with E-state index in [2.05, 4.69) is 4.98 Å². The molecule has 0 spiro atoms. The maximum absolute atomic E-state index is 13.3. The van der Waals surface area contributed by atoms with Crippen molar-refractivity contribution in [3.05, 3.63) is 28.3 Å². The Morgan fingerprint density at radius 3 is 3.07 bits per heavy atom. The predicted molar refractivity (Wildman–Crippen MR) is 52.7 cm³/mol. The van der Waals surface area contributed by atoms with Crippen LogP contribution in [-0.2, 0) is 0 Å². The van der Waals surface area contributed by atoms with E-state index in [1.165, 1.54) is 18.5 Å². The molecule has 0 radical (unpaired) electrons. The lowest BCUT2D eigenvalue weighted by Gasteiger charge is -1.98. The Bertz CT molecular complexity index is 482. The molecule has 1 aliphatic carbocycles. The van der Waals surface area contributed by atoms with Crippen LogP contribution in [0.2, 0.25) is 0 Å². The number of nitrogen functional groups attached to an aromatic ring is 1. The van der Waals surface area contributed by atoms with Gasteiger partial charge in [0.2, 0.25) is 0 Å². The first-order chi connectivity index (χ1) is 7.05. The summed E-state index contributed by atoms with van der Waals surface area (Å²) in [4.78, 5) is 14.7. The van der Waals surface area contributed by atoms with Gasteiger partial charge < -0.3 is 10.8 Å². The van der Waals surface area contributed by atoms with Gasteiger partial charge in [-0.05, 0) is 11.6 Å². The van der Waals surface area contributed by atoms with Gasteiger partial charge in [0.05, 0.1) is 6.61 Å². The average Bonchev–Trinajstić information content (AvgIpc) is 2.83. The molecule has 1 aromatic heterocycles. The first-order valence-electron chi connectivity index (χ1n) is 4.41. The van der Waals surface area contributed by atoms with Gasteiger partial charge in [-0.2, -0.15) is 4.98 Å². The van der Waals surface area contributed by atoms with Crippen LogP contribution in [0, 0.1) is 0 Å². The van der Waals surface area contributed by atoms with Crippen LogP contribution in [0.1, 0.15) is 6.42 Å². The summed E-state index contributed by atoms with van der Waals surface area (Å²) in [6.45, 7) is -0.560. The molecule has 6 heteroatoms. The van der Waals surface area contributed by atoms with Gasteiger partial charge in [0.15, 0.2) is 5.67 Å². The number of rotatable bonds is 2. The van der Waals surface area contributed by atoms with Crippen molar-refractivity contribution in [2.45, 2.75) is 12.1 Å². The molecular weight excluding hydrogens is 201 g/mol. The zero-order valence-corrected chi connectivity index (χ0v) is 7.85. The number of nitrogens with two attached hydrogens (primary N) is 1. The van der Waals surface area contributed by atoms with Gasteiger partial charge in [0.1, 0.15) is 5.82 Å². The highest BCUT2D eigenvalue weighted by Crippen LogP contribution is 2.46. The number of aromatic nitrogens is 2. The molecule has 2 rings (SSSR count). The van der Waals surface area contributed by atoms with Crippen molar-refractivity contribution in [3.8, 4) is 0 Å². The van der Waals surface area contributed by atoms with E-state index in [-0.39, 0.29) is 12.2 Å². The minimum absolute atomic E-state index is 0.124. The van der Waals surface area contributed by atoms with E-state index in [9.17, 15) is 9.18 Å². The average molecular weight is 211 g/mol. The van der Waals surface area contributed by atoms with E-state index in [1.807, 2.05) is 0 Å². The van der Waals surface area contributed by atoms with E-state index >= 15 is 0 Å². The molecule has 1 aromatic rings. The van der Waals surface area contributed by atoms with E-state index < -0.39 is 18.0 Å². The second kappa shape index (κ2) is 3.16. The van der Waals surface area contributed by atoms with Gasteiger partial charge in [-0.1, -0.05) is 0 Å². The molecule has 0 saturated heterocycles. The maximum Gasteiger partial charge on any atom is 0.353 e. The van der Waals surface area contributed by atoms with Gasteiger partial charge in [0, 0.05) is 18.8 Å². The fraction of sp³-hybridized carbons (Fsp3) is 0.333. The molecule has 0 amide bonds. The summed E-state index contributed by atoms with van der Waals surface area (Å²) in [5.74, 6) is 0.124. The van der Waals surface area contributed by atoms with Crippen LogP contribution < -0.4 is 11.4 Å². The van der Waals surface area contributed by atoms with Gasteiger partial charge in [-0.15, -0.1) is 0 Å². The number of hydrogen-bond acceptors (Lipinski definition) is 4. The molecule has 1 fully saturated rings. The van der Waals surface area contributed by atoms with Crippen molar-refractivity contribution in [2.24, 2.45) is 0 Å². The maximum atomic E-state index is 13.3. The molecule has 1 aliphatic rings. The highest BCUT2D eigenvalue weighted by molar-refractivity contribution is 5.49. The monoisotopic (exact) mass is 211 g/mol. The number of hydrogen-bond donors (Lipinski definition) is 2. The second-order valence-electron chi connectivity index (χ2n) is 3.50. The molecule has 5 nitrogen and oxygen atoms in total. The molecule has 1 heterocycles. The summed E-state index contributed by atoms with van der Waals surface area (Å²) in [6.07, 6.45) is 2.90. The normalized spacial score (nSPS) is 26.9. The highest BCUT2D eigenvalue weighted by atomic mass is 19.1. The molecule has 1 saturated carbocycles. The zero-order valence-electron chi connectivity index (χ0n) is 7.85. The first-order valence-corrected chi connectivity index (χ1v) is 4.41. The molecule has 80 valence electrons. The Labute approximate surface area is 84.7 Å². The third-order valence-electron chi connectivity index (χ3n) is 2.32. The van der Waals surface area contributed by atoms with Crippen molar-refractivity contribution in [3.63, 3.8) is 0 Å². The number of alkyl halides is 1. The van der Waals surface area contributed by atoms with Crippen LogP contribution in [0.3, 0.4) is 0 Å². The summed E-state index contributed by atoms with van der Waals surface area (Å²) < 4.78 is 14.5. The van der Waals surface area contributed by atoms with Crippen molar-refractivity contribution in [1.29, 1.82) is 0 Å². The Kier molecular flexibility index (Phi) is 2.08. The van der Waals surface area contributed by atoms with Gasteiger partial charge in [-0.25, -0.2) is 9.18 Å². The summed E-state index contributed by atoms with van der Waals surface area (Å²) in [5, 5.41) is 8.69. The van der Waals surface area contributed by atoms with Crippen molar-refractivity contribution >= 4 is 12.0 Å². The standard InChI is InChI=1S/C9H10FN3O2/c10-9(5-14)3-6(9)4-13-2-1-7(11)12-8(13)15/h1-2,4,14H,3,5H2,(H2,11,12,15)/b6-4+. The summed E-state index contributed by atoms with van der Waals surface area (Å²) >= 11 is 0. The first kappa shape index (κ1) is 9.85. The van der Waals surface area contributed by atoms with Gasteiger partial charge in [-0.3, -0.25) is 4.57 Å². The lowest BCUT2D eigenvalue weighted by Crippen LogP contribution is -2.19. The van der Waals surface area contributed by atoms with Crippen LogP contribution in [0.15, 0.2) is 22.6 Å². The summed E-state index contributed by atoms with van der Waals surface area (Å²) in [6, 6.07) is 1.44.